The number of hydrogen-bond acceptors (Lipinski definition) is 1. The highest BCUT2D eigenvalue weighted by Crippen LogP contribution is 2.39. The highest BCUT2D eigenvalue weighted by Gasteiger charge is 2.18. The fourth-order valence-electron chi connectivity index (χ4n) is 2.43. The summed E-state index contributed by atoms with van der Waals surface area (Å²) < 4.78 is 5.64. The van der Waals surface area contributed by atoms with E-state index in [4.69, 9.17) is 27.9 Å². The van der Waals surface area contributed by atoms with Crippen LogP contribution in [0.3, 0.4) is 0 Å². The van der Waals surface area contributed by atoms with Gasteiger partial charge in [0, 0.05) is 0 Å². The summed E-state index contributed by atoms with van der Waals surface area (Å²) in [7, 11) is 0. The predicted molar refractivity (Wildman–Crippen MR) is 87.5 cm³/mol. The van der Waals surface area contributed by atoms with Crippen LogP contribution in [0.5, 0.6) is 5.75 Å². The lowest BCUT2D eigenvalue weighted by atomic mass is 9.99. The van der Waals surface area contributed by atoms with Crippen LogP contribution in [-0.2, 0) is 6.42 Å². The Morgan fingerprint density at radius 1 is 1.15 bits per heavy atom. The van der Waals surface area contributed by atoms with Crippen molar-refractivity contribution in [3.05, 3.63) is 63.1 Å². The van der Waals surface area contributed by atoms with E-state index < -0.39 is 0 Å². The third-order valence-electron chi connectivity index (χ3n) is 3.48. The lowest BCUT2D eigenvalue weighted by Gasteiger charge is -2.20. The summed E-state index contributed by atoms with van der Waals surface area (Å²) in [6.07, 6.45) is 2.13. The maximum atomic E-state index is 6.29. The van der Waals surface area contributed by atoms with E-state index in [1.54, 1.807) is 6.07 Å². The van der Waals surface area contributed by atoms with Crippen LogP contribution in [0.4, 0.5) is 0 Å². The summed E-state index contributed by atoms with van der Waals surface area (Å²) >= 11 is 16.1. The van der Waals surface area contributed by atoms with E-state index in [-0.39, 0.29) is 4.83 Å². The van der Waals surface area contributed by atoms with Crippen LogP contribution in [0.15, 0.2) is 36.4 Å². The molecule has 0 saturated heterocycles. The SMILES string of the molecule is Clc1cccc(C(Br)c2ccc3c(c2)CCCO3)c1Cl. The van der Waals surface area contributed by atoms with Gasteiger partial charge in [-0.1, -0.05) is 63.4 Å². The Hall–Kier alpha value is -0.700. The van der Waals surface area contributed by atoms with Gasteiger partial charge in [0.25, 0.3) is 0 Å². The number of fused-ring (bicyclic) bond motifs is 1. The zero-order valence-corrected chi connectivity index (χ0v) is 13.8. The molecular weight excluding hydrogens is 359 g/mol. The molecule has 1 atom stereocenters. The van der Waals surface area contributed by atoms with Gasteiger partial charge in [-0.3, -0.25) is 0 Å². The van der Waals surface area contributed by atoms with Gasteiger partial charge < -0.3 is 4.74 Å². The number of halogens is 3. The molecule has 0 aliphatic carbocycles. The molecule has 0 N–H and O–H groups in total. The molecule has 0 radical (unpaired) electrons. The number of rotatable bonds is 2. The first-order valence-electron chi connectivity index (χ1n) is 6.50. The molecule has 2 aromatic rings. The van der Waals surface area contributed by atoms with E-state index in [2.05, 4.69) is 28.1 Å². The number of hydrogen-bond donors (Lipinski definition) is 0. The van der Waals surface area contributed by atoms with Crippen LogP contribution in [0.2, 0.25) is 10.0 Å². The Balaban J connectivity index is 1.98. The summed E-state index contributed by atoms with van der Waals surface area (Å²) in [4.78, 5) is 0.0286. The monoisotopic (exact) mass is 370 g/mol. The molecule has 1 heterocycles. The zero-order chi connectivity index (χ0) is 14.1. The highest BCUT2D eigenvalue weighted by atomic mass is 79.9. The average molecular weight is 372 g/mol. The van der Waals surface area contributed by atoms with E-state index in [1.165, 1.54) is 11.1 Å². The summed E-state index contributed by atoms with van der Waals surface area (Å²) in [6, 6.07) is 12.0. The molecule has 0 amide bonds. The molecule has 2 aromatic carbocycles. The van der Waals surface area contributed by atoms with Crippen molar-refractivity contribution in [2.45, 2.75) is 17.7 Å². The van der Waals surface area contributed by atoms with Crippen molar-refractivity contribution < 1.29 is 4.74 Å². The lowest BCUT2D eigenvalue weighted by molar-refractivity contribution is 0.288. The normalized spacial score (nSPS) is 15.3. The van der Waals surface area contributed by atoms with Crippen LogP contribution >= 0.6 is 39.1 Å². The number of alkyl halides is 1. The number of aryl methyl sites for hydroxylation is 1. The molecule has 0 aromatic heterocycles. The first-order chi connectivity index (χ1) is 9.66. The van der Waals surface area contributed by atoms with Crippen molar-refractivity contribution in [3.8, 4) is 5.75 Å². The van der Waals surface area contributed by atoms with Gasteiger partial charge in [0.2, 0.25) is 0 Å². The second-order valence-electron chi connectivity index (χ2n) is 4.82. The predicted octanol–water partition coefficient (Wildman–Crippen LogP) is 5.80. The van der Waals surface area contributed by atoms with Crippen LogP contribution in [0.1, 0.15) is 27.9 Å². The standard InChI is InChI=1S/C16H13BrCl2O/c17-15(12-4-1-5-13(18)16(12)19)11-6-7-14-10(9-11)3-2-8-20-14/h1,4-7,9,15H,2-3,8H2. The zero-order valence-electron chi connectivity index (χ0n) is 10.7. The van der Waals surface area contributed by atoms with Gasteiger partial charge in [0.05, 0.1) is 21.5 Å². The molecule has 3 rings (SSSR count). The van der Waals surface area contributed by atoms with Crippen molar-refractivity contribution in [1.29, 1.82) is 0 Å². The van der Waals surface area contributed by atoms with Gasteiger partial charge in [0.15, 0.2) is 0 Å². The highest BCUT2D eigenvalue weighted by molar-refractivity contribution is 9.09. The Kier molecular flexibility index (Phi) is 4.25. The second kappa shape index (κ2) is 5.97. The van der Waals surface area contributed by atoms with E-state index in [0.717, 1.165) is 30.8 Å². The van der Waals surface area contributed by atoms with Crippen molar-refractivity contribution >= 4 is 39.1 Å². The Morgan fingerprint density at radius 3 is 2.85 bits per heavy atom. The minimum Gasteiger partial charge on any atom is -0.493 e. The first kappa shape index (κ1) is 14.2. The summed E-state index contributed by atoms with van der Waals surface area (Å²) in [6.45, 7) is 0.810. The Labute approximate surface area is 137 Å². The summed E-state index contributed by atoms with van der Waals surface area (Å²) in [5, 5.41) is 1.18. The molecule has 0 saturated carbocycles. The minimum absolute atomic E-state index is 0.0286. The van der Waals surface area contributed by atoms with Gasteiger partial charge in [-0.25, -0.2) is 0 Å². The topological polar surface area (TPSA) is 9.23 Å². The van der Waals surface area contributed by atoms with E-state index in [1.807, 2.05) is 18.2 Å². The van der Waals surface area contributed by atoms with Crippen LogP contribution in [0.25, 0.3) is 0 Å². The molecule has 1 aliphatic rings. The molecular formula is C16H13BrCl2O. The minimum atomic E-state index is 0.0286. The van der Waals surface area contributed by atoms with Gasteiger partial charge in [0.1, 0.15) is 5.75 Å². The van der Waals surface area contributed by atoms with Gasteiger partial charge in [-0.15, -0.1) is 0 Å². The molecule has 0 fully saturated rings. The van der Waals surface area contributed by atoms with Crippen molar-refractivity contribution in [2.75, 3.05) is 6.61 Å². The maximum absolute atomic E-state index is 6.29. The molecule has 20 heavy (non-hydrogen) atoms. The quantitative estimate of drug-likeness (QED) is 0.606. The molecule has 4 heteroatoms. The van der Waals surface area contributed by atoms with Gasteiger partial charge >= 0.3 is 0 Å². The molecule has 1 nitrogen and oxygen atoms in total. The number of benzene rings is 2. The maximum Gasteiger partial charge on any atom is 0.122 e. The lowest BCUT2D eigenvalue weighted by Crippen LogP contribution is -2.09. The Bertz CT molecular complexity index is 642. The van der Waals surface area contributed by atoms with E-state index in [0.29, 0.717) is 10.0 Å². The van der Waals surface area contributed by atoms with Crippen LogP contribution in [-0.4, -0.2) is 6.61 Å². The van der Waals surface area contributed by atoms with Crippen molar-refractivity contribution in [2.24, 2.45) is 0 Å². The average Bonchev–Trinajstić information content (AvgIpc) is 2.49. The summed E-state index contributed by atoms with van der Waals surface area (Å²) in [5.74, 6) is 0.997. The van der Waals surface area contributed by atoms with E-state index >= 15 is 0 Å². The fraction of sp³-hybridized carbons (Fsp3) is 0.250. The third kappa shape index (κ3) is 2.69. The van der Waals surface area contributed by atoms with Crippen LogP contribution in [0, 0.1) is 0 Å². The van der Waals surface area contributed by atoms with E-state index in [9.17, 15) is 0 Å². The second-order valence-corrected chi connectivity index (χ2v) is 6.53. The first-order valence-corrected chi connectivity index (χ1v) is 8.17. The molecule has 104 valence electrons. The van der Waals surface area contributed by atoms with Crippen molar-refractivity contribution in [3.63, 3.8) is 0 Å². The van der Waals surface area contributed by atoms with Gasteiger partial charge in [-0.2, -0.15) is 0 Å². The smallest absolute Gasteiger partial charge is 0.122 e. The largest absolute Gasteiger partial charge is 0.493 e. The third-order valence-corrected chi connectivity index (χ3v) is 5.34. The summed E-state index contributed by atoms with van der Waals surface area (Å²) in [5.41, 5.74) is 3.41. The molecule has 1 aliphatic heterocycles. The Morgan fingerprint density at radius 2 is 2.00 bits per heavy atom. The molecule has 0 spiro atoms. The number of ether oxygens (including phenoxy) is 1. The van der Waals surface area contributed by atoms with Crippen molar-refractivity contribution in [1.82, 2.24) is 0 Å². The molecule has 1 unspecified atom stereocenters. The molecule has 0 bridgehead atoms. The fourth-order valence-corrected chi connectivity index (χ4v) is 3.65. The van der Waals surface area contributed by atoms with Crippen LogP contribution < -0.4 is 4.74 Å². The van der Waals surface area contributed by atoms with Gasteiger partial charge in [-0.05, 0) is 41.7 Å².